The highest BCUT2D eigenvalue weighted by molar-refractivity contribution is 6.76. The maximum absolute atomic E-state index is 15.7. The van der Waals surface area contributed by atoms with Crippen LogP contribution in [0, 0.1) is 0 Å². The number of hydrogen-bond donors (Lipinski definition) is 0. The lowest BCUT2D eigenvalue weighted by Gasteiger charge is -2.37. The van der Waals surface area contributed by atoms with E-state index in [0.29, 0.717) is 39.2 Å². The van der Waals surface area contributed by atoms with Crippen LogP contribution in [0.25, 0.3) is 10.9 Å². The van der Waals surface area contributed by atoms with E-state index < -0.39 is 13.9 Å². The molecule has 0 unspecified atom stereocenters. The molecule has 0 radical (unpaired) electrons. The number of fused-ring (bicyclic) bond motifs is 2. The molecular weight excluding hydrogens is 741 g/mol. The first-order valence-electron chi connectivity index (χ1n) is 20.6. The highest BCUT2D eigenvalue weighted by Crippen LogP contribution is 2.40. The molecule has 2 aromatic heterocycles. The van der Waals surface area contributed by atoms with Crippen molar-refractivity contribution < 1.29 is 19.0 Å². The van der Waals surface area contributed by atoms with Crippen molar-refractivity contribution in [3.63, 3.8) is 0 Å². The molecule has 2 aliphatic rings. The molecule has 11 heteroatoms. The van der Waals surface area contributed by atoms with E-state index in [1.807, 2.05) is 53.8 Å². The molecule has 4 heterocycles. The lowest BCUT2D eigenvalue weighted by atomic mass is 9.91. The van der Waals surface area contributed by atoms with Gasteiger partial charge < -0.3 is 24.0 Å². The number of carbonyl (C=O) groups is 1. The van der Waals surface area contributed by atoms with Crippen LogP contribution in [0.2, 0.25) is 25.7 Å². The molecule has 0 spiro atoms. The number of nitrogens with zero attached hydrogens (tertiary/aromatic N) is 6. The van der Waals surface area contributed by atoms with E-state index in [0.717, 1.165) is 51.4 Å². The first-order chi connectivity index (χ1) is 28.0. The van der Waals surface area contributed by atoms with Gasteiger partial charge in [-0.25, -0.2) is 9.48 Å². The first kappa shape index (κ1) is 39.7. The number of amides is 2. The van der Waals surface area contributed by atoms with Crippen LogP contribution in [-0.4, -0.2) is 80.2 Å². The predicted molar refractivity (Wildman–Crippen MR) is 230 cm³/mol. The Balaban J connectivity index is 1.17. The zero-order chi connectivity index (χ0) is 40.3. The van der Waals surface area contributed by atoms with Gasteiger partial charge in [0.1, 0.15) is 18.9 Å². The largest absolute Gasteiger partial charge is 0.360 e. The van der Waals surface area contributed by atoms with E-state index in [4.69, 9.17) is 14.2 Å². The normalized spacial score (nSPS) is 20.7. The van der Waals surface area contributed by atoms with Crippen LogP contribution in [0.1, 0.15) is 41.7 Å². The summed E-state index contributed by atoms with van der Waals surface area (Å²) >= 11 is 0. The Morgan fingerprint density at radius 1 is 0.690 bits per heavy atom. The summed E-state index contributed by atoms with van der Waals surface area (Å²) in [6.07, 6.45) is 6.14. The van der Waals surface area contributed by atoms with E-state index in [9.17, 15) is 0 Å². The van der Waals surface area contributed by atoms with Crippen LogP contribution in [0.4, 0.5) is 4.79 Å². The van der Waals surface area contributed by atoms with Crippen LogP contribution >= 0.6 is 0 Å². The molecule has 2 fully saturated rings. The quantitative estimate of drug-likeness (QED) is 0.0764. The van der Waals surface area contributed by atoms with Crippen LogP contribution in [0.5, 0.6) is 0 Å². The Bertz CT molecular complexity index is 2270. The van der Waals surface area contributed by atoms with Gasteiger partial charge in [-0.05, 0) is 78.7 Å². The van der Waals surface area contributed by atoms with E-state index >= 15 is 4.79 Å². The summed E-state index contributed by atoms with van der Waals surface area (Å²) in [6.45, 7) is 13.7. The van der Waals surface area contributed by atoms with Gasteiger partial charge >= 0.3 is 6.03 Å². The molecule has 2 aliphatic heterocycles. The van der Waals surface area contributed by atoms with E-state index in [1.54, 1.807) is 6.20 Å². The second-order valence-electron chi connectivity index (χ2n) is 17.5. The molecule has 302 valence electrons. The molecular formula is C47H56N6O4Si. The Labute approximate surface area is 343 Å². The molecule has 0 N–H and O–H groups in total. The van der Waals surface area contributed by atoms with E-state index in [-0.39, 0.29) is 30.3 Å². The summed E-state index contributed by atoms with van der Waals surface area (Å²) in [5.74, 6) is -0.842. The number of benzene rings is 4. The number of ether oxygens (including phenoxy) is 3. The molecule has 58 heavy (non-hydrogen) atoms. The Morgan fingerprint density at radius 3 is 1.86 bits per heavy atom. The third-order valence-electron chi connectivity index (χ3n) is 11.3. The molecule has 0 saturated carbocycles. The van der Waals surface area contributed by atoms with Gasteiger partial charge in [0.15, 0.2) is 5.79 Å². The van der Waals surface area contributed by atoms with Crippen LogP contribution in [-0.2, 0) is 53.4 Å². The van der Waals surface area contributed by atoms with Gasteiger partial charge in [-0.2, -0.15) is 10.2 Å². The molecule has 10 nitrogen and oxygen atoms in total. The van der Waals surface area contributed by atoms with Crippen LogP contribution in [0.15, 0.2) is 128 Å². The summed E-state index contributed by atoms with van der Waals surface area (Å²) in [7, 11) is -1.19. The van der Waals surface area contributed by atoms with Crippen LogP contribution < -0.4 is 0 Å². The SMILES string of the molecule is CC1(C)O[C@@H]2[C@@H](O1)[C@@H](Cc1ccccc1)N(Cc1ccc3c(cnn3COCC[Si](C)(C)C)c1)C(=O)N(Cc1cccc(Cn3cccn3)c1)[C@@H]2Cc1ccccc1. The molecule has 0 bridgehead atoms. The minimum atomic E-state index is -1.19. The first-order valence-corrected chi connectivity index (χ1v) is 24.3. The minimum Gasteiger partial charge on any atom is -0.360 e. The topological polar surface area (TPSA) is 86.9 Å². The van der Waals surface area contributed by atoms with Gasteiger partial charge in [-0.3, -0.25) is 4.68 Å². The van der Waals surface area contributed by atoms with Gasteiger partial charge in [0, 0.05) is 45.6 Å². The predicted octanol–water partition coefficient (Wildman–Crippen LogP) is 8.77. The standard InChI is InChI=1S/C47H56N6O4Si/c1-47(2)56-44-42(28-35-14-8-6-9-15-35)51(32-38-19-12-18-37(26-38)31-50-23-13-22-48-50)46(54)52(43(45(44)57-47)29-36-16-10-7-11-17-36)33-39-20-21-41-40(27-39)30-49-53(41)34-55-24-25-58(3,4)5/h6-23,26-27,30,42-45H,24-25,28-29,31-34H2,1-5H3/t42-,43-,44+,45+/m1/s1. The number of aromatic nitrogens is 4. The summed E-state index contributed by atoms with van der Waals surface area (Å²) in [4.78, 5) is 19.8. The van der Waals surface area contributed by atoms with Gasteiger partial charge in [0.05, 0.1) is 30.3 Å². The molecule has 8 rings (SSSR count). The maximum atomic E-state index is 15.7. The van der Waals surface area contributed by atoms with Gasteiger partial charge in [-0.1, -0.05) is 111 Å². The zero-order valence-corrected chi connectivity index (χ0v) is 35.4. The highest BCUT2D eigenvalue weighted by Gasteiger charge is 2.55. The molecule has 6 aromatic rings. The lowest BCUT2D eigenvalue weighted by Crippen LogP contribution is -2.51. The van der Waals surface area contributed by atoms with Crippen molar-refractivity contribution in [3.05, 3.63) is 156 Å². The fraction of sp³-hybridized carbons (Fsp3) is 0.383. The number of carbonyl (C=O) groups excluding carboxylic acids is 1. The lowest BCUT2D eigenvalue weighted by molar-refractivity contribution is -0.157. The highest BCUT2D eigenvalue weighted by atomic mass is 28.3. The van der Waals surface area contributed by atoms with Crippen LogP contribution in [0.3, 0.4) is 0 Å². The van der Waals surface area contributed by atoms with Gasteiger partial charge in [0.25, 0.3) is 0 Å². The second-order valence-corrected chi connectivity index (χ2v) is 23.1. The third-order valence-corrected chi connectivity index (χ3v) is 13.0. The van der Waals surface area contributed by atoms with Crippen molar-refractivity contribution in [3.8, 4) is 0 Å². The third kappa shape index (κ3) is 9.45. The molecule has 2 amide bonds. The minimum absolute atomic E-state index is 0.0367. The fourth-order valence-electron chi connectivity index (χ4n) is 8.42. The van der Waals surface area contributed by atoms with Crippen molar-refractivity contribution in [2.24, 2.45) is 0 Å². The monoisotopic (exact) mass is 796 g/mol. The number of rotatable bonds is 15. The Kier molecular flexibility index (Phi) is 11.7. The average Bonchev–Trinajstić information content (AvgIpc) is 3.94. The molecule has 4 atom stereocenters. The Morgan fingerprint density at radius 2 is 1.28 bits per heavy atom. The van der Waals surface area contributed by atoms with Crippen molar-refractivity contribution >= 4 is 25.0 Å². The van der Waals surface area contributed by atoms with Gasteiger partial charge in [0.2, 0.25) is 0 Å². The summed E-state index contributed by atoms with van der Waals surface area (Å²) in [5.41, 5.74) is 6.49. The molecule has 0 aliphatic carbocycles. The van der Waals surface area contributed by atoms with Crippen molar-refractivity contribution in [2.45, 2.75) is 109 Å². The van der Waals surface area contributed by atoms with Crippen molar-refractivity contribution in [1.29, 1.82) is 0 Å². The zero-order valence-electron chi connectivity index (χ0n) is 34.4. The van der Waals surface area contributed by atoms with Crippen molar-refractivity contribution in [2.75, 3.05) is 6.61 Å². The average molecular weight is 797 g/mol. The smallest absolute Gasteiger partial charge is 0.321 e. The Hall–Kier alpha value is -5.07. The summed E-state index contributed by atoms with van der Waals surface area (Å²) in [5, 5.41) is 10.1. The van der Waals surface area contributed by atoms with Gasteiger partial charge in [-0.15, -0.1) is 0 Å². The summed E-state index contributed by atoms with van der Waals surface area (Å²) < 4.78 is 23.8. The summed E-state index contributed by atoms with van der Waals surface area (Å²) in [6, 6.07) is 38.2. The number of hydrogen-bond acceptors (Lipinski definition) is 6. The number of urea groups is 1. The molecule has 4 aromatic carbocycles. The van der Waals surface area contributed by atoms with Crippen molar-refractivity contribution in [1.82, 2.24) is 29.4 Å². The maximum Gasteiger partial charge on any atom is 0.321 e. The van der Waals surface area contributed by atoms with E-state index in [2.05, 4.69) is 131 Å². The fourth-order valence-corrected chi connectivity index (χ4v) is 9.17. The second kappa shape index (κ2) is 17.0. The van der Waals surface area contributed by atoms with E-state index in [1.165, 1.54) is 0 Å². The molecule has 2 saturated heterocycles.